The van der Waals surface area contributed by atoms with Gasteiger partial charge in [-0.15, -0.1) is 0 Å². The molecule has 1 rings (SSSR count). The summed E-state index contributed by atoms with van der Waals surface area (Å²) >= 11 is 5.19. The molecule has 0 spiro atoms. The summed E-state index contributed by atoms with van der Waals surface area (Å²) in [5.41, 5.74) is -3.02. The molecule has 0 amide bonds. The summed E-state index contributed by atoms with van der Waals surface area (Å²) in [6, 6.07) is 0.466. The molecule has 0 radical (unpaired) electrons. The van der Waals surface area contributed by atoms with Gasteiger partial charge in [0.15, 0.2) is 5.69 Å². The smallest absolute Gasteiger partial charge is 0.390 e. The number of rotatable bonds is 2. The molecule has 8 heteroatoms. The summed E-state index contributed by atoms with van der Waals surface area (Å²) < 4.78 is 61.5. The number of aliphatic hydroxyl groups excluding tert-OH is 1. The Bertz CT molecular complexity index is 393. The molecule has 0 aliphatic carbocycles. The van der Waals surface area contributed by atoms with Crippen LogP contribution in [0.4, 0.5) is 22.0 Å². The van der Waals surface area contributed by atoms with Gasteiger partial charge in [0, 0.05) is 5.56 Å². The Balaban J connectivity index is 3.37. The van der Waals surface area contributed by atoms with Crippen LogP contribution in [0.1, 0.15) is 23.4 Å². The van der Waals surface area contributed by atoms with E-state index < -0.39 is 41.2 Å². The highest BCUT2D eigenvalue weighted by Gasteiger charge is 2.36. The normalized spacial score (nSPS) is 12.2. The Labute approximate surface area is 91.7 Å². The van der Waals surface area contributed by atoms with Crippen molar-refractivity contribution < 1.29 is 27.1 Å². The minimum Gasteiger partial charge on any atom is -0.390 e. The van der Waals surface area contributed by atoms with Gasteiger partial charge in [0.1, 0.15) is 0 Å². The third kappa shape index (κ3) is 2.59. The van der Waals surface area contributed by atoms with E-state index in [9.17, 15) is 22.0 Å². The molecule has 0 aromatic carbocycles. The minimum atomic E-state index is -4.85. The second-order valence-electron chi connectivity index (χ2n) is 2.81. The molecular weight excluding hydrogens is 257 g/mol. The van der Waals surface area contributed by atoms with Crippen LogP contribution in [0.25, 0.3) is 0 Å². The number of halogens is 6. The first-order valence-electron chi connectivity index (χ1n) is 3.93. The molecule has 2 nitrogen and oxygen atoms in total. The summed E-state index contributed by atoms with van der Waals surface area (Å²) in [5, 5.41) is 7.73. The predicted molar refractivity (Wildman–Crippen MR) is 45.1 cm³/mol. The highest BCUT2D eigenvalue weighted by Crippen LogP contribution is 2.36. The van der Waals surface area contributed by atoms with E-state index in [1.54, 1.807) is 0 Å². The van der Waals surface area contributed by atoms with Crippen LogP contribution in [0.3, 0.4) is 0 Å². The molecule has 0 saturated heterocycles. The van der Waals surface area contributed by atoms with Crippen molar-refractivity contribution in [2.24, 2.45) is 0 Å². The molecule has 90 valence electrons. The SMILES string of the molecule is OCc1nc(C(F)(F)F)c(Cl)cc1C(F)F. The van der Waals surface area contributed by atoms with Crippen molar-refractivity contribution in [3.63, 3.8) is 0 Å². The van der Waals surface area contributed by atoms with Crippen LogP contribution in [0.2, 0.25) is 5.02 Å². The second kappa shape index (κ2) is 4.50. The largest absolute Gasteiger partial charge is 0.434 e. The average Bonchev–Trinajstić information content (AvgIpc) is 2.15. The highest BCUT2D eigenvalue weighted by atomic mass is 35.5. The summed E-state index contributed by atoms with van der Waals surface area (Å²) in [6.45, 7) is -1.01. The lowest BCUT2D eigenvalue weighted by Crippen LogP contribution is -2.12. The van der Waals surface area contributed by atoms with Crippen LogP contribution in [-0.4, -0.2) is 10.1 Å². The van der Waals surface area contributed by atoms with E-state index >= 15 is 0 Å². The number of aromatic nitrogens is 1. The van der Waals surface area contributed by atoms with Crippen molar-refractivity contribution in [1.82, 2.24) is 4.98 Å². The number of alkyl halides is 5. The Kier molecular flexibility index (Phi) is 3.69. The monoisotopic (exact) mass is 261 g/mol. The lowest BCUT2D eigenvalue weighted by molar-refractivity contribution is -0.141. The Morgan fingerprint density at radius 3 is 2.31 bits per heavy atom. The van der Waals surface area contributed by atoms with Crippen molar-refractivity contribution in [2.75, 3.05) is 0 Å². The Morgan fingerprint density at radius 2 is 1.94 bits per heavy atom. The number of nitrogens with zero attached hydrogens (tertiary/aromatic N) is 1. The lowest BCUT2D eigenvalue weighted by Gasteiger charge is -2.12. The molecule has 0 saturated carbocycles. The average molecular weight is 262 g/mol. The predicted octanol–water partition coefficient (Wildman–Crippen LogP) is 3.18. The van der Waals surface area contributed by atoms with E-state index in [0.29, 0.717) is 6.07 Å². The molecule has 0 bridgehead atoms. The van der Waals surface area contributed by atoms with Gasteiger partial charge in [0.2, 0.25) is 0 Å². The Hall–Kier alpha value is -0.950. The number of aliphatic hydroxyl groups is 1. The summed E-state index contributed by atoms with van der Waals surface area (Å²) in [4.78, 5) is 2.90. The molecule has 1 heterocycles. The van der Waals surface area contributed by atoms with Gasteiger partial charge in [-0.05, 0) is 6.07 Å². The van der Waals surface area contributed by atoms with Gasteiger partial charge < -0.3 is 5.11 Å². The fraction of sp³-hybridized carbons (Fsp3) is 0.375. The number of hydrogen-bond donors (Lipinski definition) is 1. The Morgan fingerprint density at radius 1 is 1.38 bits per heavy atom. The number of hydrogen-bond acceptors (Lipinski definition) is 2. The molecule has 0 fully saturated rings. The van der Waals surface area contributed by atoms with Gasteiger partial charge in [-0.2, -0.15) is 13.2 Å². The zero-order valence-electron chi connectivity index (χ0n) is 7.52. The third-order valence-electron chi connectivity index (χ3n) is 1.74. The quantitative estimate of drug-likeness (QED) is 0.830. The van der Waals surface area contributed by atoms with Gasteiger partial charge in [0.25, 0.3) is 6.43 Å². The van der Waals surface area contributed by atoms with Gasteiger partial charge in [-0.25, -0.2) is 13.8 Å². The molecule has 0 aliphatic heterocycles. The second-order valence-corrected chi connectivity index (χ2v) is 3.22. The topological polar surface area (TPSA) is 33.1 Å². The third-order valence-corrected chi connectivity index (χ3v) is 2.03. The zero-order chi connectivity index (χ0) is 12.5. The molecule has 0 atom stereocenters. The maximum Gasteiger partial charge on any atom is 0.434 e. The van der Waals surface area contributed by atoms with E-state index in [4.69, 9.17) is 16.7 Å². The molecule has 0 unspecified atom stereocenters. The van der Waals surface area contributed by atoms with Crippen molar-refractivity contribution in [2.45, 2.75) is 19.2 Å². The van der Waals surface area contributed by atoms with Crippen LogP contribution >= 0.6 is 11.6 Å². The lowest BCUT2D eigenvalue weighted by atomic mass is 10.2. The van der Waals surface area contributed by atoms with Crippen LogP contribution in [0.15, 0.2) is 6.07 Å². The summed E-state index contributed by atoms with van der Waals surface area (Å²) in [7, 11) is 0. The first-order valence-corrected chi connectivity index (χ1v) is 4.30. The molecule has 16 heavy (non-hydrogen) atoms. The van der Waals surface area contributed by atoms with E-state index in [2.05, 4.69) is 4.98 Å². The standard InChI is InChI=1S/C8H5ClF5NO/c9-4-1-3(7(10)11)5(2-16)15-6(4)8(12,13)14/h1,7,16H,2H2. The van der Waals surface area contributed by atoms with E-state index in [-0.39, 0.29) is 0 Å². The van der Waals surface area contributed by atoms with Gasteiger partial charge >= 0.3 is 6.18 Å². The van der Waals surface area contributed by atoms with Crippen molar-refractivity contribution in [1.29, 1.82) is 0 Å². The molecule has 1 aromatic rings. The van der Waals surface area contributed by atoms with Crippen LogP contribution < -0.4 is 0 Å². The fourth-order valence-electron chi connectivity index (χ4n) is 1.06. The molecular formula is C8H5ClF5NO. The first-order chi connectivity index (χ1) is 7.27. The van der Waals surface area contributed by atoms with Crippen molar-refractivity contribution in [3.8, 4) is 0 Å². The van der Waals surface area contributed by atoms with Crippen molar-refractivity contribution in [3.05, 3.63) is 28.0 Å². The van der Waals surface area contributed by atoms with Crippen LogP contribution in [0, 0.1) is 0 Å². The van der Waals surface area contributed by atoms with Crippen molar-refractivity contribution >= 4 is 11.6 Å². The van der Waals surface area contributed by atoms with E-state index in [1.165, 1.54) is 0 Å². The first kappa shape index (κ1) is 13.1. The molecule has 1 aromatic heterocycles. The number of pyridine rings is 1. The summed E-state index contributed by atoms with van der Waals surface area (Å²) in [6.07, 6.45) is -7.89. The maximum absolute atomic E-state index is 12.3. The van der Waals surface area contributed by atoms with Crippen LogP contribution in [-0.2, 0) is 12.8 Å². The minimum absolute atomic E-state index is 0.466. The van der Waals surface area contributed by atoms with Gasteiger partial charge in [-0.1, -0.05) is 11.6 Å². The van der Waals surface area contributed by atoms with E-state index in [1.807, 2.05) is 0 Å². The molecule has 1 N–H and O–H groups in total. The summed E-state index contributed by atoms with van der Waals surface area (Å²) in [5.74, 6) is 0. The van der Waals surface area contributed by atoms with Gasteiger partial charge in [0.05, 0.1) is 17.3 Å². The maximum atomic E-state index is 12.3. The van der Waals surface area contributed by atoms with Crippen LogP contribution in [0.5, 0.6) is 0 Å². The van der Waals surface area contributed by atoms with Gasteiger partial charge in [-0.3, -0.25) is 0 Å². The fourth-order valence-corrected chi connectivity index (χ4v) is 1.32. The van der Waals surface area contributed by atoms with E-state index in [0.717, 1.165) is 0 Å². The zero-order valence-corrected chi connectivity index (χ0v) is 8.28. The molecule has 0 aliphatic rings. The highest BCUT2D eigenvalue weighted by molar-refractivity contribution is 6.31.